The first-order chi connectivity index (χ1) is 9.00. The van der Waals surface area contributed by atoms with E-state index in [1.807, 2.05) is 0 Å². The smallest absolute Gasteiger partial charge is 0.221 e. The third kappa shape index (κ3) is 5.94. The Kier molecular flexibility index (Phi) is 6.67. The molecule has 0 saturated carbocycles. The third-order valence-corrected chi connectivity index (χ3v) is 2.93. The summed E-state index contributed by atoms with van der Waals surface area (Å²) in [7, 11) is 0. The summed E-state index contributed by atoms with van der Waals surface area (Å²) in [5.41, 5.74) is 0.732. The van der Waals surface area contributed by atoms with Gasteiger partial charge in [0.25, 0.3) is 0 Å². The largest absolute Gasteiger partial charge is 0.506 e. The molecule has 106 valence electrons. The SMILES string of the molecule is CC(C)CNC(=O)CCNCc1cccc(Cl)c1O. The zero-order chi connectivity index (χ0) is 14.3. The van der Waals surface area contributed by atoms with Gasteiger partial charge in [-0.3, -0.25) is 4.79 Å². The molecule has 0 aliphatic heterocycles. The molecule has 0 atom stereocenters. The summed E-state index contributed by atoms with van der Waals surface area (Å²) < 4.78 is 0. The highest BCUT2D eigenvalue weighted by molar-refractivity contribution is 6.32. The molecule has 19 heavy (non-hydrogen) atoms. The Morgan fingerprint density at radius 3 is 2.84 bits per heavy atom. The number of aromatic hydroxyl groups is 1. The molecule has 0 heterocycles. The van der Waals surface area contributed by atoms with Crippen LogP contribution in [-0.2, 0) is 11.3 Å². The Morgan fingerprint density at radius 2 is 2.16 bits per heavy atom. The highest BCUT2D eigenvalue weighted by Gasteiger charge is 2.05. The van der Waals surface area contributed by atoms with Crippen LogP contribution in [0.1, 0.15) is 25.8 Å². The number of carbonyl (C=O) groups is 1. The molecular weight excluding hydrogens is 264 g/mol. The van der Waals surface area contributed by atoms with Gasteiger partial charge in [0.2, 0.25) is 5.91 Å². The van der Waals surface area contributed by atoms with Gasteiger partial charge in [0.1, 0.15) is 5.75 Å². The van der Waals surface area contributed by atoms with Crippen molar-refractivity contribution in [1.29, 1.82) is 0 Å². The fraction of sp³-hybridized carbons (Fsp3) is 0.500. The monoisotopic (exact) mass is 284 g/mol. The van der Waals surface area contributed by atoms with Gasteiger partial charge in [0, 0.05) is 31.6 Å². The molecule has 1 aromatic rings. The van der Waals surface area contributed by atoms with Crippen LogP contribution in [0.25, 0.3) is 0 Å². The summed E-state index contributed by atoms with van der Waals surface area (Å²) >= 11 is 5.81. The van der Waals surface area contributed by atoms with E-state index in [1.165, 1.54) is 0 Å². The first-order valence-corrected chi connectivity index (χ1v) is 6.82. The number of para-hydroxylation sites is 1. The number of hydrogen-bond donors (Lipinski definition) is 3. The van der Waals surface area contributed by atoms with Gasteiger partial charge < -0.3 is 15.7 Å². The molecule has 0 aliphatic rings. The zero-order valence-corrected chi connectivity index (χ0v) is 12.1. The topological polar surface area (TPSA) is 61.4 Å². The van der Waals surface area contributed by atoms with Crippen molar-refractivity contribution >= 4 is 17.5 Å². The molecule has 0 saturated heterocycles. The zero-order valence-electron chi connectivity index (χ0n) is 11.4. The lowest BCUT2D eigenvalue weighted by molar-refractivity contribution is -0.121. The van der Waals surface area contributed by atoms with Crippen LogP contribution in [0, 0.1) is 5.92 Å². The molecule has 0 unspecified atom stereocenters. The number of halogens is 1. The van der Waals surface area contributed by atoms with Crippen LogP contribution in [0.4, 0.5) is 0 Å². The van der Waals surface area contributed by atoms with Crippen molar-refractivity contribution in [3.8, 4) is 5.75 Å². The molecule has 0 spiro atoms. The fourth-order valence-electron chi connectivity index (χ4n) is 1.53. The molecular formula is C14H21ClN2O2. The fourth-order valence-corrected chi connectivity index (χ4v) is 1.73. The Labute approximate surface area is 119 Å². The highest BCUT2D eigenvalue weighted by atomic mass is 35.5. The summed E-state index contributed by atoms with van der Waals surface area (Å²) in [6.07, 6.45) is 0.425. The van der Waals surface area contributed by atoms with Crippen molar-refractivity contribution in [3.05, 3.63) is 28.8 Å². The Bertz CT molecular complexity index is 422. The lowest BCUT2D eigenvalue weighted by Gasteiger charge is -2.09. The van der Waals surface area contributed by atoms with E-state index in [4.69, 9.17) is 11.6 Å². The van der Waals surface area contributed by atoms with E-state index in [1.54, 1.807) is 18.2 Å². The van der Waals surface area contributed by atoms with Gasteiger partial charge in [0.05, 0.1) is 5.02 Å². The quantitative estimate of drug-likeness (QED) is 0.673. The molecule has 5 heteroatoms. The summed E-state index contributed by atoms with van der Waals surface area (Å²) in [5, 5.41) is 16.0. The molecule has 0 aromatic heterocycles. The lowest BCUT2D eigenvalue weighted by Crippen LogP contribution is -2.30. The predicted molar refractivity (Wildman–Crippen MR) is 77.3 cm³/mol. The highest BCUT2D eigenvalue weighted by Crippen LogP contribution is 2.26. The van der Waals surface area contributed by atoms with Gasteiger partial charge in [-0.05, 0) is 12.0 Å². The van der Waals surface area contributed by atoms with Crippen molar-refractivity contribution in [3.63, 3.8) is 0 Å². The van der Waals surface area contributed by atoms with Crippen molar-refractivity contribution in [2.75, 3.05) is 13.1 Å². The lowest BCUT2D eigenvalue weighted by atomic mass is 10.2. The molecule has 0 aliphatic carbocycles. The number of rotatable bonds is 7. The number of phenolic OH excluding ortho intramolecular Hbond substituents is 1. The summed E-state index contributed by atoms with van der Waals surface area (Å²) in [4.78, 5) is 11.5. The van der Waals surface area contributed by atoms with E-state index in [9.17, 15) is 9.90 Å². The van der Waals surface area contributed by atoms with Crippen LogP contribution in [0.3, 0.4) is 0 Å². The van der Waals surface area contributed by atoms with Gasteiger partial charge in [-0.15, -0.1) is 0 Å². The van der Waals surface area contributed by atoms with E-state index >= 15 is 0 Å². The second kappa shape index (κ2) is 8.02. The Morgan fingerprint density at radius 1 is 1.42 bits per heavy atom. The van der Waals surface area contributed by atoms with E-state index < -0.39 is 0 Å². The maximum absolute atomic E-state index is 11.5. The number of hydrogen-bond acceptors (Lipinski definition) is 3. The van der Waals surface area contributed by atoms with Gasteiger partial charge >= 0.3 is 0 Å². The minimum absolute atomic E-state index is 0.0384. The Hall–Kier alpha value is -1.26. The summed E-state index contributed by atoms with van der Waals surface area (Å²) in [5.74, 6) is 0.595. The minimum Gasteiger partial charge on any atom is -0.506 e. The molecule has 0 fully saturated rings. The second-order valence-corrected chi connectivity index (χ2v) is 5.28. The maximum Gasteiger partial charge on any atom is 0.221 e. The van der Waals surface area contributed by atoms with Crippen molar-refractivity contribution < 1.29 is 9.90 Å². The van der Waals surface area contributed by atoms with E-state index in [0.717, 1.165) is 5.56 Å². The van der Waals surface area contributed by atoms with Crippen LogP contribution in [0.5, 0.6) is 5.75 Å². The summed E-state index contributed by atoms with van der Waals surface area (Å²) in [6, 6.07) is 5.22. The summed E-state index contributed by atoms with van der Waals surface area (Å²) in [6.45, 7) is 5.87. The van der Waals surface area contributed by atoms with Crippen molar-refractivity contribution in [2.24, 2.45) is 5.92 Å². The number of phenols is 1. The van der Waals surface area contributed by atoms with E-state index in [0.29, 0.717) is 37.0 Å². The van der Waals surface area contributed by atoms with E-state index in [-0.39, 0.29) is 11.7 Å². The molecule has 3 N–H and O–H groups in total. The van der Waals surface area contributed by atoms with Crippen LogP contribution >= 0.6 is 11.6 Å². The molecule has 1 rings (SSSR count). The maximum atomic E-state index is 11.5. The number of carbonyl (C=O) groups excluding carboxylic acids is 1. The predicted octanol–water partition coefficient (Wildman–Crippen LogP) is 2.30. The normalized spacial score (nSPS) is 10.7. The van der Waals surface area contributed by atoms with Crippen molar-refractivity contribution in [2.45, 2.75) is 26.8 Å². The van der Waals surface area contributed by atoms with Crippen LogP contribution in [-0.4, -0.2) is 24.1 Å². The molecule has 0 radical (unpaired) electrons. The van der Waals surface area contributed by atoms with Gasteiger partial charge in [-0.1, -0.05) is 37.6 Å². The molecule has 0 bridgehead atoms. The molecule has 4 nitrogen and oxygen atoms in total. The average molecular weight is 285 g/mol. The van der Waals surface area contributed by atoms with Gasteiger partial charge in [-0.2, -0.15) is 0 Å². The molecule has 1 aromatic carbocycles. The van der Waals surface area contributed by atoms with Gasteiger partial charge in [0.15, 0.2) is 0 Å². The average Bonchev–Trinajstić information content (AvgIpc) is 2.37. The second-order valence-electron chi connectivity index (χ2n) is 4.87. The van der Waals surface area contributed by atoms with Crippen LogP contribution in [0.15, 0.2) is 18.2 Å². The number of amides is 1. The van der Waals surface area contributed by atoms with Gasteiger partial charge in [-0.25, -0.2) is 0 Å². The van der Waals surface area contributed by atoms with Crippen molar-refractivity contribution in [1.82, 2.24) is 10.6 Å². The Balaban J connectivity index is 2.24. The first-order valence-electron chi connectivity index (χ1n) is 6.44. The minimum atomic E-state index is 0.0384. The molecule has 1 amide bonds. The number of benzene rings is 1. The standard InChI is InChI=1S/C14H21ClN2O2/c1-10(2)8-17-13(18)6-7-16-9-11-4-3-5-12(15)14(11)19/h3-5,10,16,19H,6-9H2,1-2H3,(H,17,18). The van der Waals surface area contributed by atoms with Crippen LogP contribution < -0.4 is 10.6 Å². The first kappa shape index (κ1) is 15.8. The van der Waals surface area contributed by atoms with Crippen LogP contribution in [0.2, 0.25) is 5.02 Å². The van der Waals surface area contributed by atoms with E-state index in [2.05, 4.69) is 24.5 Å². The number of nitrogens with one attached hydrogen (secondary N) is 2. The third-order valence-electron chi connectivity index (χ3n) is 2.62.